The van der Waals surface area contributed by atoms with E-state index < -0.39 is 0 Å². The van der Waals surface area contributed by atoms with E-state index in [1.807, 2.05) is 32.0 Å². The van der Waals surface area contributed by atoms with Gasteiger partial charge in [0.2, 0.25) is 5.95 Å². The van der Waals surface area contributed by atoms with Crippen LogP contribution in [-0.2, 0) is 6.54 Å². The lowest BCUT2D eigenvalue weighted by Gasteiger charge is -2.26. The maximum atomic E-state index is 12.9. The Bertz CT molecular complexity index is 1040. The van der Waals surface area contributed by atoms with Crippen LogP contribution in [0.1, 0.15) is 53.3 Å². The zero-order valence-corrected chi connectivity index (χ0v) is 17.2. The second kappa shape index (κ2) is 8.71. The highest BCUT2D eigenvalue weighted by Crippen LogP contribution is 2.23. The van der Waals surface area contributed by atoms with Crippen molar-refractivity contribution >= 4 is 22.8 Å². The number of aliphatic hydroxyl groups is 1. The lowest BCUT2D eigenvalue weighted by molar-refractivity contribution is 0.0951. The van der Waals surface area contributed by atoms with Crippen LogP contribution in [0.15, 0.2) is 30.5 Å². The minimum absolute atomic E-state index is 0.211. The third kappa shape index (κ3) is 4.71. The van der Waals surface area contributed by atoms with E-state index in [9.17, 15) is 9.90 Å². The highest BCUT2D eigenvalue weighted by molar-refractivity contribution is 6.05. The molecule has 0 bridgehead atoms. The van der Waals surface area contributed by atoms with Gasteiger partial charge in [-0.3, -0.25) is 4.79 Å². The molecular formula is C22H26N6O2. The zero-order valence-electron chi connectivity index (χ0n) is 17.2. The SMILES string of the molecule is Cc1cc(C)nc(CNC(=O)c2cccc3cnc(NC4CCC(O)CC4)nc23)n1. The molecule has 0 aliphatic heterocycles. The van der Waals surface area contributed by atoms with Crippen molar-refractivity contribution in [3.63, 3.8) is 0 Å². The van der Waals surface area contributed by atoms with Gasteiger partial charge in [-0.2, -0.15) is 0 Å². The molecule has 0 spiro atoms. The summed E-state index contributed by atoms with van der Waals surface area (Å²) >= 11 is 0. The molecular weight excluding hydrogens is 380 g/mol. The lowest BCUT2D eigenvalue weighted by Crippen LogP contribution is -2.29. The van der Waals surface area contributed by atoms with Gasteiger partial charge in [-0.05, 0) is 51.7 Å². The molecule has 1 fully saturated rings. The van der Waals surface area contributed by atoms with E-state index in [1.54, 1.807) is 12.3 Å². The van der Waals surface area contributed by atoms with E-state index in [0.29, 0.717) is 22.9 Å². The maximum absolute atomic E-state index is 12.9. The Kier molecular flexibility index (Phi) is 5.85. The Morgan fingerprint density at radius 1 is 1.10 bits per heavy atom. The van der Waals surface area contributed by atoms with Crippen LogP contribution in [0.4, 0.5) is 5.95 Å². The summed E-state index contributed by atoms with van der Waals surface area (Å²) in [4.78, 5) is 30.6. The van der Waals surface area contributed by atoms with E-state index in [0.717, 1.165) is 42.5 Å². The van der Waals surface area contributed by atoms with Crippen LogP contribution in [0.5, 0.6) is 0 Å². The van der Waals surface area contributed by atoms with E-state index in [4.69, 9.17) is 0 Å². The molecule has 156 valence electrons. The molecule has 3 aromatic rings. The van der Waals surface area contributed by atoms with Gasteiger partial charge in [-0.25, -0.2) is 19.9 Å². The summed E-state index contributed by atoms with van der Waals surface area (Å²) in [6, 6.07) is 7.60. The average Bonchev–Trinajstić information content (AvgIpc) is 2.72. The number of carbonyl (C=O) groups excluding carboxylic acids is 1. The molecule has 2 aromatic heterocycles. The number of rotatable bonds is 5. The maximum Gasteiger partial charge on any atom is 0.253 e. The van der Waals surface area contributed by atoms with Crippen molar-refractivity contribution in [2.45, 2.75) is 58.2 Å². The van der Waals surface area contributed by atoms with Crippen LogP contribution in [0.25, 0.3) is 10.9 Å². The molecule has 8 nitrogen and oxygen atoms in total. The van der Waals surface area contributed by atoms with Crippen molar-refractivity contribution in [2.75, 3.05) is 5.32 Å². The number of anilines is 1. The summed E-state index contributed by atoms with van der Waals surface area (Å²) < 4.78 is 0. The average molecular weight is 406 g/mol. The first kappa shape index (κ1) is 20.2. The minimum atomic E-state index is -0.228. The van der Waals surface area contributed by atoms with Gasteiger partial charge in [-0.15, -0.1) is 0 Å². The molecule has 30 heavy (non-hydrogen) atoms. The Labute approximate surface area is 175 Å². The number of carbonyl (C=O) groups is 1. The predicted octanol–water partition coefficient (Wildman–Crippen LogP) is 2.68. The molecule has 4 rings (SSSR count). The Morgan fingerprint density at radius 3 is 2.57 bits per heavy atom. The minimum Gasteiger partial charge on any atom is -0.393 e. The standard InChI is InChI=1S/C22H26N6O2/c1-13-10-14(2)26-19(25-13)12-23-21(30)18-5-3-4-15-11-24-22(28-20(15)18)27-16-6-8-17(29)9-7-16/h3-5,10-11,16-17,29H,6-9,12H2,1-2H3,(H,23,30)(H,24,27,28). The first-order valence-corrected chi connectivity index (χ1v) is 10.3. The van der Waals surface area contributed by atoms with Gasteiger partial charge in [0.25, 0.3) is 5.91 Å². The summed E-state index contributed by atoms with van der Waals surface area (Å²) in [5.41, 5.74) is 2.83. The fraction of sp³-hybridized carbons (Fsp3) is 0.409. The number of para-hydroxylation sites is 1. The molecule has 1 saturated carbocycles. The molecule has 0 unspecified atom stereocenters. The van der Waals surface area contributed by atoms with Crippen molar-refractivity contribution in [2.24, 2.45) is 0 Å². The summed E-state index contributed by atoms with van der Waals surface area (Å²) in [5.74, 6) is 0.855. The third-order valence-electron chi connectivity index (χ3n) is 5.32. The van der Waals surface area contributed by atoms with Gasteiger partial charge < -0.3 is 15.7 Å². The molecule has 3 N–H and O–H groups in total. The van der Waals surface area contributed by atoms with Crippen LogP contribution in [0, 0.1) is 13.8 Å². The van der Waals surface area contributed by atoms with Gasteiger partial charge in [0, 0.05) is 29.0 Å². The van der Waals surface area contributed by atoms with Crippen LogP contribution in [-0.4, -0.2) is 43.1 Å². The highest BCUT2D eigenvalue weighted by Gasteiger charge is 2.20. The van der Waals surface area contributed by atoms with Crippen LogP contribution in [0.3, 0.4) is 0 Å². The number of hydrogen-bond acceptors (Lipinski definition) is 7. The van der Waals surface area contributed by atoms with Crippen molar-refractivity contribution in [1.82, 2.24) is 25.3 Å². The van der Waals surface area contributed by atoms with Crippen LogP contribution in [0.2, 0.25) is 0 Å². The molecule has 1 amide bonds. The molecule has 1 aromatic carbocycles. The Hall–Kier alpha value is -3.13. The number of aromatic nitrogens is 4. The topological polar surface area (TPSA) is 113 Å². The number of benzene rings is 1. The highest BCUT2D eigenvalue weighted by atomic mass is 16.3. The fourth-order valence-electron chi connectivity index (χ4n) is 3.84. The molecule has 0 saturated heterocycles. The van der Waals surface area contributed by atoms with Crippen molar-refractivity contribution < 1.29 is 9.90 Å². The first-order chi connectivity index (χ1) is 14.5. The van der Waals surface area contributed by atoms with Gasteiger partial charge in [0.05, 0.1) is 23.7 Å². The van der Waals surface area contributed by atoms with Gasteiger partial charge >= 0.3 is 0 Å². The largest absolute Gasteiger partial charge is 0.393 e. The molecule has 8 heteroatoms. The predicted molar refractivity (Wildman–Crippen MR) is 114 cm³/mol. The molecule has 1 aliphatic rings. The normalized spacial score (nSPS) is 18.9. The van der Waals surface area contributed by atoms with Crippen LogP contribution >= 0.6 is 0 Å². The second-order valence-electron chi connectivity index (χ2n) is 7.84. The van der Waals surface area contributed by atoms with Gasteiger partial charge in [-0.1, -0.05) is 12.1 Å². The Morgan fingerprint density at radius 2 is 1.83 bits per heavy atom. The molecule has 1 aliphatic carbocycles. The van der Waals surface area contributed by atoms with Gasteiger partial charge in [0.15, 0.2) is 0 Å². The van der Waals surface area contributed by atoms with Crippen molar-refractivity contribution in [3.8, 4) is 0 Å². The van der Waals surface area contributed by atoms with E-state index in [-0.39, 0.29) is 24.6 Å². The van der Waals surface area contributed by atoms with E-state index in [1.165, 1.54) is 0 Å². The van der Waals surface area contributed by atoms with E-state index >= 15 is 0 Å². The summed E-state index contributed by atoms with van der Waals surface area (Å²) in [7, 11) is 0. The number of nitrogens with zero attached hydrogens (tertiary/aromatic N) is 4. The summed E-state index contributed by atoms with van der Waals surface area (Å²) in [6.07, 6.45) is 4.82. The first-order valence-electron chi connectivity index (χ1n) is 10.3. The number of fused-ring (bicyclic) bond motifs is 1. The van der Waals surface area contributed by atoms with Crippen molar-refractivity contribution in [3.05, 3.63) is 53.2 Å². The van der Waals surface area contributed by atoms with Crippen molar-refractivity contribution in [1.29, 1.82) is 0 Å². The number of hydrogen-bond donors (Lipinski definition) is 3. The monoisotopic (exact) mass is 406 g/mol. The summed E-state index contributed by atoms with van der Waals surface area (Å²) in [5, 5.41) is 16.7. The molecule has 0 atom stereocenters. The van der Waals surface area contributed by atoms with Gasteiger partial charge in [0.1, 0.15) is 5.82 Å². The van der Waals surface area contributed by atoms with E-state index in [2.05, 4.69) is 30.6 Å². The summed E-state index contributed by atoms with van der Waals surface area (Å²) in [6.45, 7) is 4.06. The smallest absolute Gasteiger partial charge is 0.253 e. The zero-order chi connectivity index (χ0) is 21.1. The number of aliphatic hydroxyl groups excluding tert-OH is 1. The number of amides is 1. The third-order valence-corrected chi connectivity index (χ3v) is 5.32. The number of nitrogens with one attached hydrogen (secondary N) is 2. The Balaban J connectivity index is 1.51. The lowest BCUT2D eigenvalue weighted by atomic mass is 9.93. The second-order valence-corrected chi connectivity index (χ2v) is 7.84. The molecule has 2 heterocycles. The number of aryl methyl sites for hydroxylation is 2. The fourth-order valence-corrected chi connectivity index (χ4v) is 3.84. The quantitative estimate of drug-likeness (QED) is 0.597. The molecule has 0 radical (unpaired) electrons. The van der Waals surface area contributed by atoms with Crippen LogP contribution < -0.4 is 10.6 Å².